The van der Waals surface area contributed by atoms with Crippen LogP contribution in [0.2, 0.25) is 0 Å². The Hall–Kier alpha value is -2.24. The lowest BCUT2D eigenvalue weighted by molar-refractivity contribution is -0.118. The number of carbonyl (C=O) groups is 1. The molecule has 0 radical (unpaired) electrons. The number of nitrogens with two attached hydrogens (primary N) is 1. The fourth-order valence-corrected chi connectivity index (χ4v) is 2.66. The van der Waals surface area contributed by atoms with Crippen molar-refractivity contribution in [3.63, 3.8) is 0 Å². The second-order valence-corrected chi connectivity index (χ2v) is 4.91. The molecule has 0 unspecified atom stereocenters. The summed E-state index contributed by atoms with van der Waals surface area (Å²) in [6, 6.07) is 3.88. The van der Waals surface area contributed by atoms with Crippen LogP contribution < -0.4 is 20.7 Å². The van der Waals surface area contributed by atoms with E-state index < -0.39 is 0 Å². The molecule has 0 saturated heterocycles. The maximum atomic E-state index is 11.6. The first-order valence-corrected chi connectivity index (χ1v) is 6.86. The van der Waals surface area contributed by atoms with Gasteiger partial charge in [0.15, 0.2) is 12.6 Å². The monoisotopic (exact) mass is 274 g/mol. The van der Waals surface area contributed by atoms with Crippen LogP contribution in [-0.2, 0) is 11.2 Å². The molecule has 3 rings (SSSR count). The second-order valence-electron chi connectivity index (χ2n) is 4.91. The number of hydrogen-bond acceptors (Lipinski definition) is 5. The number of hydrogen-bond donors (Lipinski definition) is 2. The van der Waals surface area contributed by atoms with Crippen molar-refractivity contribution >= 4 is 23.2 Å². The number of nitrogens with one attached hydrogen (secondary N) is 1. The van der Waals surface area contributed by atoms with Crippen molar-refractivity contribution in [2.75, 3.05) is 29.9 Å². The molecule has 6 heteroatoms. The Morgan fingerprint density at radius 3 is 3.05 bits per heavy atom. The summed E-state index contributed by atoms with van der Waals surface area (Å²) < 4.78 is 5.48. The molecule has 1 aromatic carbocycles. The zero-order valence-electron chi connectivity index (χ0n) is 11.5. The highest BCUT2D eigenvalue weighted by Crippen LogP contribution is 2.38. The molecule has 1 amide bonds. The van der Waals surface area contributed by atoms with Gasteiger partial charge in [-0.2, -0.15) is 0 Å². The lowest BCUT2D eigenvalue weighted by atomic mass is 10.0. The van der Waals surface area contributed by atoms with Gasteiger partial charge in [0.25, 0.3) is 5.91 Å². The number of anilines is 2. The predicted molar refractivity (Wildman–Crippen MR) is 78.4 cm³/mol. The van der Waals surface area contributed by atoms with Crippen LogP contribution in [0.25, 0.3) is 0 Å². The van der Waals surface area contributed by atoms with Crippen LogP contribution in [0.15, 0.2) is 17.1 Å². The molecule has 0 aliphatic carbocycles. The summed E-state index contributed by atoms with van der Waals surface area (Å²) in [5.41, 5.74) is 8.79. The molecule has 20 heavy (non-hydrogen) atoms. The number of guanidine groups is 1. The number of fused-ring (bicyclic) bond motifs is 1. The Bertz CT molecular complexity index is 583. The highest BCUT2D eigenvalue weighted by atomic mass is 16.5. The van der Waals surface area contributed by atoms with E-state index in [1.54, 1.807) is 0 Å². The van der Waals surface area contributed by atoms with Crippen molar-refractivity contribution in [2.24, 2.45) is 10.7 Å². The molecule has 2 aliphatic heterocycles. The van der Waals surface area contributed by atoms with Gasteiger partial charge < -0.3 is 20.7 Å². The third-order valence-corrected chi connectivity index (χ3v) is 3.54. The molecule has 0 bridgehead atoms. The smallest absolute Gasteiger partial charge is 0.262 e. The third kappa shape index (κ3) is 2.07. The van der Waals surface area contributed by atoms with Crippen molar-refractivity contribution in [1.29, 1.82) is 0 Å². The van der Waals surface area contributed by atoms with Crippen molar-refractivity contribution in [2.45, 2.75) is 19.8 Å². The first kappa shape index (κ1) is 12.8. The average Bonchev–Trinajstić information content (AvgIpc) is 2.86. The fourth-order valence-electron chi connectivity index (χ4n) is 2.66. The molecule has 0 spiro atoms. The van der Waals surface area contributed by atoms with E-state index in [2.05, 4.69) is 17.2 Å². The normalized spacial score (nSPS) is 17.4. The first-order valence-electron chi connectivity index (χ1n) is 6.86. The minimum Gasteiger partial charge on any atom is -0.482 e. The molecule has 0 atom stereocenters. The van der Waals surface area contributed by atoms with E-state index in [4.69, 9.17) is 10.5 Å². The van der Waals surface area contributed by atoms with Crippen LogP contribution in [-0.4, -0.2) is 31.6 Å². The van der Waals surface area contributed by atoms with Gasteiger partial charge in [-0.15, -0.1) is 0 Å². The summed E-state index contributed by atoms with van der Waals surface area (Å²) in [4.78, 5) is 17.8. The molecular formula is C14H18N4O2. The van der Waals surface area contributed by atoms with E-state index in [0.29, 0.717) is 12.5 Å². The highest BCUT2D eigenvalue weighted by Gasteiger charge is 2.25. The van der Waals surface area contributed by atoms with Gasteiger partial charge in [0, 0.05) is 17.8 Å². The molecule has 106 valence electrons. The molecule has 3 N–H and O–H groups in total. The Morgan fingerprint density at radius 2 is 2.35 bits per heavy atom. The average molecular weight is 274 g/mol. The van der Waals surface area contributed by atoms with E-state index in [0.717, 1.165) is 42.1 Å². The lowest BCUT2D eigenvalue weighted by Gasteiger charge is -2.27. The summed E-state index contributed by atoms with van der Waals surface area (Å²) in [6.45, 7) is 3.66. The van der Waals surface area contributed by atoms with E-state index in [1.165, 1.54) is 0 Å². The minimum atomic E-state index is -0.116. The zero-order valence-corrected chi connectivity index (χ0v) is 11.5. The Kier molecular flexibility index (Phi) is 3.22. The van der Waals surface area contributed by atoms with Crippen LogP contribution in [0, 0.1) is 0 Å². The van der Waals surface area contributed by atoms with Crippen LogP contribution in [0.1, 0.15) is 18.9 Å². The topological polar surface area (TPSA) is 80.0 Å². The maximum Gasteiger partial charge on any atom is 0.262 e. The molecule has 6 nitrogen and oxygen atoms in total. The van der Waals surface area contributed by atoms with Gasteiger partial charge in [-0.1, -0.05) is 13.3 Å². The zero-order chi connectivity index (χ0) is 14.1. The number of carbonyl (C=O) groups excluding carboxylic acids is 1. The quantitative estimate of drug-likeness (QED) is 0.865. The number of rotatable bonds is 3. The first-order chi connectivity index (χ1) is 9.70. The van der Waals surface area contributed by atoms with Crippen molar-refractivity contribution in [3.8, 4) is 5.75 Å². The van der Waals surface area contributed by atoms with Crippen molar-refractivity contribution in [1.82, 2.24) is 0 Å². The standard InChI is InChI=1S/C14H18N4O2/c1-2-3-9-10(18-7-6-16-14(18)15)4-5-11-13(9)17-12(19)8-20-11/h4-5H,2-3,6-8H2,1H3,(H2,15,16)(H,17,19). The predicted octanol–water partition coefficient (Wildman–Crippen LogP) is 1.10. The number of amides is 1. The van der Waals surface area contributed by atoms with E-state index in [1.807, 2.05) is 17.0 Å². The number of benzene rings is 1. The van der Waals surface area contributed by atoms with Gasteiger partial charge in [-0.25, -0.2) is 0 Å². The molecule has 1 aromatic rings. The van der Waals surface area contributed by atoms with E-state index >= 15 is 0 Å². The molecule has 2 aliphatic rings. The summed E-state index contributed by atoms with van der Waals surface area (Å²) in [7, 11) is 0. The van der Waals surface area contributed by atoms with Gasteiger partial charge in [0.2, 0.25) is 0 Å². The Labute approximate surface area is 117 Å². The van der Waals surface area contributed by atoms with Crippen molar-refractivity contribution < 1.29 is 9.53 Å². The summed E-state index contributed by atoms with van der Waals surface area (Å²) in [6.07, 6.45) is 1.83. The van der Waals surface area contributed by atoms with Crippen molar-refractivity contribution in [3.05, 3.63) is 17.7 Å². The van der Waals surface area contributed by atoms with Crippen LogP contribution in [0.5, 0.6) is 5.75 Å². The Morgan fingerprint density at radius 1 is 1.50 bits per heavy atom. The number of aliphatic imine (C=N–C) groups is 1. The molecule has 2 heterocycles. The maximum absolute atomic E-state index is 11.6. The fraction of sp³-hybridized carbons (Fsp3) is 0.429. The SMILES string of the molecule is CCCc1c(N2CCN=C2N)ccc2c1NC(=O)CO2. The summed E-state index contributed by atoms with van der Waals surface area (Å²) in [5.74, 6) is 1.15. The minimum absolute atomic E-state index is 0.0746. The van der Waals surface area contributed by atoms with Crippen LogP contribution in [0.4, 0.5) is 11.4 Å². The number of nitrogens with zero attached hydrogens (tertiary/aromatic N) is 2. The second kappa shape index (κ2) is 5.03. The van der Waals surface area contributed by atoms with Gasteiger partial charge in [-0.3, -0.25) is 9.79 Å². The lowest BCUT2D eigenvalue weighted by Crippen LogP contribution is -2.35. The van der Waals surface area contributed by atoms with Gasteiger partial charge >= 0.3 is 0 Å². The highest BCUT2D eigenvalue weighted by molar-refractivity contribution is 6.01. The van der Waals surface area contributed by atoms with Crippen LogP contribution >= 0.6 is 0 Å². The number of ether oxygens (including phenoxy) is 1. The third-order valence-electron chi connectivity index (χ3n) is 3.54. The summed E-state index contributed by atoms with van der Waals surface area (Å²) >= 11 is 0. The van der Waals surface area contributed by atoms with Crippen LogP contribution in [0.3, 0.4) is 0 Å². The molecular weight excluding hydrogens is 256 g/mol. The summed E-state index contributed by atoms with van der Waals surface area (Å²) in [5, 5.41) is 2.92. The molecule has 0 aromatic heterocycles. The Balaban J connectivity index is 2.08. The van der Waals surface area contributed by atoms with E-state index in [9.17, 15) is 4.79 Å². The molecule has 0 saturated carbocycles. The molecule has 0 fully saturated rings. The van der Waals surface area contributed by atoms with Gasteiger partial charge in [-0.05, 0) is 18.6 Å². The largest absolute Gasteiger partial charge is 0.482 e. The van der Waals surface area contributed by atoms with Gasteiger partial charge in [0.05, 0.1) is 12.2 Å². The van der Waals surface area contributed by atoms with Gasteiger partial charge in [0.1, 0.15) is 5.75 Å². The van der Waals surface area contributed by atoms with E-state index in [-0.39, 0.29) is 12.5 Å².